The van der Waals surface area contributed by atoms with E-state index in [4.69, 9.17) is 9.47 Å². The molecule has 0 spiro atoms. The largest absolute Gasteiger partial charge is 0.464 e. The van der Waals surface area contributed by atoms with Gasteiger partial charge in [0.05, 0.1) is 6.10 Å². The normalized spacial score (nSPS) is 16.3. The van der Waals surface area contributed by atoms with Crippen LogP contribution in [0.3, 0.4) is 0 Å². The number of benzene rings is 1. The van der Waals surface area contributed by atoms with Crippen LogP contribution in [0.1, 0.15) is 31.4 Å². The molecule has 1 aromatic carbocycles. The molecular formula is C24H24N2O3. The zero-order valence-electron chi connectivity index (χ0n) is 16.4. The zero-order chi connectivity index (χ0) is 20.1. The lowest BCUT2D eigenvalue weighted by atomic mass is 10.0. The Labute approximate surface area is 170 Å². The summed E-state index contributed by atoms with van der Waals surface area (Å²) in [6.07, 6.45) is 14.4. The second-order valence-corrected chi connectivity index (χ2v) is 7.06. The fourth-order valence-corrected chi connectivity index (χ4v) is 3.34. The Bertz CT molecular complexity index is 972. The van der Waals surface area contributed by atoms with Crippen molar-refractivity contribution in [3.05, 3.63) is 96.6 Å². The predicted octanol–water partition coefficient (Wildman–Crippen LogP) is 5.20. The fraction of sp³-hybridized carbons (Fsp3) is 0.208. The summed E-state index contributed by atoms with van der Waals surface area (Å²) in [4.78, 5) is 6.61. The van der Waals surface area contributed by atoms with Gasteiger partial charge in [-0.05, 0) is 48.6 Å². The van der Waals surface area contributed by atoms with Crippen LogP contribution >= 0.6 is 0 Å². The number of aliphatic hydroxyl groups is 1. The van der Waals surface area contributed by atoms with Crippen LogP contribution in [0.25, 0.3) is 11.1 Å². The van der Waals surface area contributed by atoms with Crippen molar-refractivity contribution < 1.29 is 14.6 Å². The van der Waals surface area contributed by atoms with E-state index in [9.17, 15) is 5.11 Å². The minimum atomic E-state index is -0.478. The molecule has 1 atom stereocenters. The van der Waals surface area contributed by atoms with Crippen LogP contribution < -0.4 is 4.90 Å². The van der Waals surface area contributed by atoms with E-state index >= 15 is 0 Å². The molecule has 1 aromatic heterocycles. The Kier molecular flexibility index (Phi) is 5.77. The topological polar surface area (TPSA) is 54.8 Å². The van der Waals surface area contributed by atoms with E-state index in [1.165, 1.54) is 18.1 Å². The van der Waals surface area contributed by atoms with Crippen LogP contribution in [-0.2, 0) is 9.47 Å². The van der Waals surface area contributed by atoms with Crippen LogP contribution in [0, 0.1) is 0 Å². The molecule has 5 heteroatoms. The molecule has 4 rings (SSSR count). The van der Waals surface area contributed by atoms with Crippen molar-refractivity contribution in [3.63, 3.8) is 0 Å². The molecule has 2 aliphatic rings. The number of hydrogen-bond acceptors (Lipinski definition) is 5. The number of anilines is 1. The number of hydrogen-bond donors (Lipinski definition) is 1. The molecule has 2 heterocycles. The quantitative estimate of drug-likeness (QED) is 0.737. The third kappa shape index (κ3) is 4.58. The number of rotatable bonds is 6. The molecule has 2 aromatic rings. The second-order valence-electron chi connectivity index (χ2n) is 7.06. The fourth-order valence-electron chi connectivity index (χ4n) is 3.34. The van der Waals surface area contributed by atoms with E-state index in [1.54, 1.807) is 19.4 Å². The summed E-state index contributed by atoms with van der Waals surface area (Å²) in [6.45, 7) is 2.44. The van der Waals surface area contributed by atoms with Crippen molar-refractivity contribution in [3.8, 4) is 11.1 Å². The molecule has 1 N–H and O–H groups in total. The third-order valence-electron chi connectivity index (χ3n) is 4.97. The van der Waals surface area contributed by atoms with Gasteiger partial charge in [-0.3, -0.25) is 4.90 Å². The molecule has 0 saturated heterocycles. The highest BCUT2D eigenvalue weighted by molar-refractivity contribution is 5.67. The molecular weight excluding hydrogens is 364 g/mol. The van der Waals surface area contributed by atoms with Crippen LogP contribution in [-0.4, -0.2) is 16.6 Å². The average molecular weight is 388 g/mol. The number of nitrogens with zero attached hydrogens (tertiary/aromatic N) is 2. The highest BCUT2D eigenvalue weighted by Gasteiger charge is 2.19. The lowest BCUT2D eigenvalue weighted by Crippen LogP contribution is -2.28. The number of pyridine rings is 1. The number of ether oxygens (including phenoxy) is 2. The first-order valence-electron chi connectivity index (χ1n) is 9.74. The highest BCUT2D eigenvalue weighted by Crippen LogP contribution is 2.28. The Hall–Kier alpha value is -3.31. The summed E-state index contributed by atoms with van der Waals surface area (Å²) in [5.41, 5.74) is 4.31. The van der Waals surface area contributed by atoms with Gasteiger partial charge in [0.25, 0.3) is 0 Å². The molecule has 1 unspecified atom stereocenters. The molecule has 1 aliphatic carbocycles. The highest BCUT2D eigenvalue weighted by atomic mass is 16.5. The first kappa shape index (κ1) is 19.0. The maximum absolute atomic E-state index is 9.74. The van der Waals surface area contributed by atoms with Gasteiger partial charge in [-0.25, -0.2) is 4.98 Å². The number of allylic oxidation sites excluding steroid dienone is 3. The van der Waals surface area contributed by atoms with E-state index in [1.807, 2.05) is 41.3 Å². The van der Waals surface area contributed by atoms with E-state index < -0.39 is 6.10 Å². The predicted molar refractivity (Wildman–Crippen MR) is 114 cm³/mol. The van der Waals surface area contributed by atoms with Crippen LogP contribution in [0.15, 0.2) is 91.1 Å². The number of aliphatic hydroxyl groups excluding tert-OH is 1. The summed E-state index contributed by atoms with van der Waals surface area (Å²) in [7, 11) is 0. The Morgan fingerprint density at radius 2 is 2.00 bits per heavy atom. The molecule has 29 heavy (non-hydrogen) atoms. The number of aromatic nitrogens is 1. The SMILES string of the molecule is CC(O)c1ccc(-c2ccnc(N(CC3=CC=CCC3)C3=COC=CO3)c2)cc1. The minimum absolute atomic E-state index is 0.478. The molecule has 0 bridgehead atoms. The van der Waals surface area contributed by atoms with Gasteiger partial charge in [-0.15, -0.1) is 0 Å². The van der Waals surface area contributed by atoms with Crippen molar-refractivity contribution in [2.45, 2.75) is 25.9 Å². The summed E-state index contributed by atoms with van der Waals surface area (Å²) in [5.74, 6) is 1.37. The van der Waals surface area contributed by atoms with Gasteiger partial charge in [0.15, 0.2) is 6.26 Å². The summed E-state index contributed by atoms with van der Waals surface area (Å²) >= 11 is 0. The Morgan fingerprint density at radius 3 is 2.69 bits per heavy atom. The van der Waals surface area contributed by atoms with E-state index in [-0.39, 0.29) is 0 Å². The van der Waals surface area contributed by atoms with Gasteiger partial charge < -0.3 is 14.6 Å². The van der Waals surface area contributed by atoms with Gasteiger partial charge in [0.1, 0.15) is 18.3 Å². The Balaban J connectivity index is 1.65. The third-order valence-corrected chi connectivity index (χ3v) is 4.97. The molecule has 0 saturated carbocycles. The van der Waals surface area contributed by atoms with Gasteiger partial charge in [0, 0.05) is 12.7 Å². The van der Waals surface area contributed by atoms with Crippen molar-refractivity contribution in [2.24, 2.45) is 0 Å². The first-order chi connectivity index (χ1) is 14.2. The molecule has 0 radical (unpaired) electrons. The molecule has 0 amide bonds. The lowest BCUT2D eigenvalue weighted by Gasteiger charge is -2.27. The van der Waals surface area contributed by atoms with Gasteiger partial charge in [-0.1, -0.05) is 48.1 Å². The van der Waals surface area contributed by atoms with Crippen molar-refractivity contribution in [1.29, 1.82) is 0 Å². The summed E-state index contributed by atoms with van der Waals surface area (Å²) in [6, 6.07) is 11.9. The van der Waals surface area contributed by atoms with Crippen LogP contribution in [0.4, 0.5) is 5.82 Å². The standard InChI is InChI=1S/C24H24N2O3/c1-18(27)20-7-9-21(10-8-20)22-11-12-25-23(15-22)26(24-17-28-13-14-29-24)16-19-5-3-2-4-6-19/h2-3,5,7-15,17-18,27H,4,6,16H2,1H3. The Morgan fingerprint density at radius 1 is 1.14 bits per heavy atom. The molecule has 148 valence electrons. The first-order valence-corrected chi connectivity index (χ1v) is 9.74. The maximum Gasteiger partial charge on any atom is 0.236 e. The van der Waals surface area contributed by atoms with E-state index in [0.29, 0.717) is 12.4 Å². The smallest absolute Gasteiger partial charge is 0.236 e. The molecule has 0 fully saturated rings. The second kappa shape index (κ2) is 8.80. The summed E-state index contributed by atoms with van der Waals surface area (Å²) in [5, 5.41) is 9.74. The zero-order valence-corrected chi connectivity index (χ0v) is 16.4. The van der Waals surface area contributed by atoms with E-state index in [0.717, 1.165) is 35.3 Å². The minimum Gasteiger partial charge on any atom is -0.464 e. The summed E-state index contributed by atoms with van der Waals surface area (Å²) < 4.78 is 11.0. The van der Waals surface area contributed by atoms with Gasteiger partial charge in [0.2, 0.25) is 5.88 Å². The van der Waals surface area contributed by atoms with Crippen molar-refractivity contribution in [1.82, 2.24) is 4.98 Å². The monoisotopic (exact) mass is 388 g/mol. The maximum atomic E-state index is 9.74. The van der Waals surface area contributed by atoms with Crippen LogP contribution in [0.5, 0.6) is 0 Å². The average Bonchev–Trinajstić information content (AvgIpc) is 2.79. The van der Waals surface area contributed by atoms with E-state index in [2.05, 4.69) is 23.2 Å². The van der Waals surface area contributed by atoms with Gasteiger partial charge in [-0.2, -0.15) is 0 Å². The van der Waals surface area contributed by atoms with Crippen LogP contribution in [0.2, 0.25) is 0 Å². The lowest BCUT2D eigenvalue weighted by molar-refractivity contribution is 0.199. The van der Waals surface area contributed by atoms with Gasteiger partial charge >= 0.3 is 0 Å². The van der Waals surface area contributed by atoms with Crippen molar-refractivity contribution in [2.75, 3.05) is 11.4 Å². The molecule has 1 aliphatic heterocycles. The molecule has 5 nitrogen and oxygen atoms in total. The van der Waals surface area contributed by atoms with Crippen molar-refractivity contribution >= 4 is 5.82 Å².